The lowest BCUT2D eigenvalue weighted by Gasteiger charge is -2.11. The summed E-state index contributed by atoms with van der Waals surface area (Å²) in [4.78, 5) is 0.194. The van der Waals surface area contributed by atoms with E-state index in [-0.39, 0.29) is 9.79 Å². The fourth-order valence-electron chi connectivity index (χ4n) is 3.38. The van der Waals surface area contributed by atoms with Crippen molar-refractivity contribution in [1.29, 1.82) is 0 Å². The lowest BCUT2D eigenvalue weighted by molar-refractivity contribution is 0.599. The monoisotopic (exact) mass is 466 g/mol. The third-order valence-corrected chi connectivity index (χ3v) is 7.70. The molecule has 8 heteroatoms. The molecule has 0 aliphatic heterocycles. The Kier molecular flexibility index (Phi) is 5.66. The Morgan fingerprint density at radius 3 is 1.31 bits per heavy atom. The first kappa shape index (κ1) is 21.9. The molecule has 0 spiro atoms. The number of fused-ring (bicyclic) bond motifs is 1. The number of hydrogen-bond acceptors (Lipinski definition) is 4. The van der Waals surface area contributed by atoms with Gasteiger partial charge in [-0.2, -0.15) is 0 Å². The zero-order chi connectivity index (χ0) is 22.9. The SMILES string of the molecule is Cc1cccc(NS(=O)(=O)c2ccc3cc(S(=O)(=O)Nc4cccc(C)c4)ccc3c2)c1. The Morgan fingerprint density at radius 1 is 0.531 bits per heavy atom. The van der Waals surface area contributed by atoms with Crippen molar-refractivity contribution in [3.05, 3.63) is 96.1 Å². The van der Waals surface area contributed by atoms with E-state index in [0.29, 0.717) is 22.1 Å². The zero-order valence-corrected chi connectivity index (χ0v) is 19.2. The topological polar surface area (TPSA) is 92.3 Å². The van der Waals surface area contributed by atoms with Gasteiger partial charge in [0.2, 0.25) is 0 Å². The van der Waals surface area contributed by atoms with E-state index in [1.807, 2.05) is 26.0 Å². The third-order valence-electron chi connectivity index (χ3n) is 4.94. The second-order valence-electron chi connectivity index (χ2n) is 7.62. The highest BCUT2D eigenvalue weighted by molar-refractivity contribution is 7.93. The summed E-state index contributed by atoms with van der Waals surface area (Å²) in [5, 5.41) is 1.23. The van der Waals surface area contributed by atoms with E-state index in [2.05, 4.69) is 9.44 Å². The van der Waals surface area contributed by atoms with Gasteiger partial charge in [0.05, 0.1) is 9.79 Å². The van der Waals surface area contributed by atoms with Crippen molar-refractivity contribution >= 4 is 42.2 Å². The summed E-state index contributed by atoms with van der Waals surface area (Å²) < 4.78 is 56.3. The van der Waals surface area contributed by atoms with Crippen LogP contribution in [0.2, 0.25) is 0 Å². The molecule has 0 radical (unpaired) electrons. The number of anilines is 2. The molecule has 0 atom stereocenters. The van der Waals surface area contributed by atoms with Crippen LogP contribution in [0.3, 0.4) is 0 Å². The molecule has 0 aliphatic carbocycles. The van der Waals surface area contributed by atoms with Gasteiger partial charge in [-0.15, -0.1) is 0 Å². The molecule has 2 N–H and O–H groups in total. The maximum atomic E-state index is 12.8. The Balaban J connectivity index is 1.63. The number of benzene rings is 4. The highest BCUT2D eigenvalue weighted by atomic mass is 32.2. The van der Waals surface area contributed by atoms with Crippen molar-refractivity contribution in [1.82, 2.24) is 0 Å². The first-order valence-corrected chi connectivity index (χ1v) is 12.8. The molecule has 0 unspecified atom stereocenters. The Morgan fingerprint density at radius 2 is 0.938 bits per heavy atom. The van der Waals surface area contributed by atoms with Gasteiger partial charge in [-0.3, -0.25) is 9.44 Å². The van der Waals surface area contributed by atoms with Crippen LogP contribution in [0.25, 0.3) is 10.8 Å². The van der Waals surface area contributed by atoms with Gasteiger partial charge < -0.3 is 0 Å². The number of nitrogens with one attached hydrogen (secondary N) is 2. The van der Waals surface area contributed by atoms with Crippen LogP contribution in [0.4, 0.5) is 11.4 Å². The Bertz CT molecular complexity index is 1410. The summed E-state index contributed by atoms with van der Waals surface area (Å²) >= 11 is 0. The van der Waals surface area contributed by atoms with Gasteiger partial charge in [-0.05, 0) is 84.3 Å². The van der Waals surface area contributed by atoms with Crippen LogP contribution in [0.5, 0.6) is 0 Å². The van der Waals surface area contributed by atoms with Crippen LogP contribution in [0.15, 0.2) is 94.7 Å². The number of sulfonamides is 2. The van der Waals surface area contributed by atoms with E-state index in [9.17, 15) is 16.8 Å². The van der Waals surface area contributed by atoms with Gasteiger partial charge in [0, 0.05) is 11.4 Å². The van der Waals surface area contributed by atoms with Crippen LogP contribution < -0.4 is 9.44 Å². The summed E-state index contributed by atoms with van der Waals surface area (Å²) in [6.07, 6.45) is 0. The summed E-state index contributed by atoms with van der Waals surface area (Å²) in [6.45, 7) is 3.76. The van der Waals surface area contributed by atoms with Crippen molar-refractivity contribution in [3.8, 4) is 0 Å². The van der Waals surface area contributed by atoms with Crippen molar-refractivity contribution in [2.75, 3.05) is 9.44 Å². The van der Waals surface area contributed by atoms with E-state index in [1.165, 1.54) is 24.3 Å². The molecule has 0 bridgehead atoms. The van der Waals surface area contributed by atoms with Crippen molar-refractivity contribution in [2.24, 2.45) is 0 Å². The van der Waals surface area contributed by atoms with Crippen molar-refractivity contribution in [3.63, 3.8) is 0 Å². The first-order valence-electron chi connectivity index (χ1n) is 9.85. The predicted molar refractivity (Wildman–Crippen MR) is 128 cm³/mol. The largest absolute Gasteiger partial charge is 0.280 e. The van der Waals surface area contributed by atoms with Gasteiger partial charge in [-0.1, -0.05) is 36.4 Å². The van der Waals surface area contributed by atoms with Gasteiger partial charge in [0.25, 0.3) is 20.0 Å². The lowest BCUT2D eigenvalue weighted by atomic mass is 10.1. The molecule has 6 nitrogen and oxygen atoms in total. The van der Waals surface area contributed by atoms with E-state index < -0.39 is 20.0 Å². The van der Waals surface area contributed by atoms with Crippen molar-refractivity contribution < 1.29 is 16.8 Å². The highest BCUT2D eigenvalue weighted by Crippen LogP contribution is 2.25. The normalized spacial score (nSPS) is 11.9. The van der Waals surface area contributed by atoms with E-state index in [1.54, 1.807) is 48.5 Å². The van der Waals surface area contributed by atoms with Crippen molar-refractivity contribution in [2.45, 2.75) is 23.6 Å². The number of aryl methyl sites for hydroxylation is 2. The third kappa shape index (κ3) is 4.76. The molecule has 4 aromatic rings. The average molecular weight is 467 g/mol. The molecular weight excluding hydrogens is 444 g/mol. The highest BCUT2D eigenvalue weighted by Gasteiger charge is 2.18. The molecule has 0 fully saturated rings. The van der Waals surface area contributed by atoms with Crippen LogP contribution in [-0.2, 0) is 20.0 Å². The standard InChI is InChI=1S/C24H22N2O4S2/c1-17-5-3-7-21(13-17)25-31(27,28)23-11-9-20-16-24(12-10-19(20)15-23)32(29,30)26-22-8-4-6-18(2)14-22/h3-16,25-26H,1-2H3. The minimum atomic E-state index is -3.79. The number of rotatable bonds is 6. The minimum Gasteiger partial charge on any atom is -0.280 e. The second-order valence-corrected chi connectivity index (χ2v) is 11.0. The summed E-state index contributed by atoms with van der Waals surface area (Å²) in [6, 6.07) is 23.4. The first-order chi connectivity index (χ1) is 15.1. The van der Waals surface area contributed by atoms with Crippen LogP contribution in [0.1, 0.15) is 11.1 Å². The maximum absolute atomic E-state index is 12.8. The lowest BCUT2D eigenvalue weighted by Crippen LogP contribution is -2.13. The molecule has 4 aromatic carbocycles. The van der Waals surface area contributed by atoms with Gasteiger partial charge in [0.1, 0.15) is 0 Å². The quantitative estimate of drug-likeness (QED) is 0.416. The van der Waals surface area contributed by atoms with Gasteiger partial charge in [0.15, 0.2) is 0 Å². The molecule has 0 aliphatic rings. The average Bonchev–Trinajstić information content (AvgIpc) is 2.72. The molecule has 4 rings (SSSR count). The summed E-state index contributed by atoms with van der Waals surface area (Å²) in [5.41, 5.74) is 2.84. The van der Waals surface area contributed by atoms with Crippen LogP contribution >= 0.6 is 0 Å². The van der Waals surface area contributed by atoms with Gasteiger partial charge in [-0.25, -0.2) is 16.8 Å². The fourth-order valence-corrected chi connectivity index (χ4v) is 5.55. The van der Waals surface area contributed by atoms with E-state index >= 15 is 0 Å². The smallest absolute Gasteiger partial charge is 0.261 e. The molecule has 0 aromatic heterocycles. The molecule has 0 saturated carbocycles. The Hall–Kier alpha value is -3.36. The fraction of sp³-hybridized carbons (Fsp3) is 0.0833. The predicted octanol–water partition coefficient (Wildman–Crippen LogP) is 5.06. The number of hydrogen-bond donors (Lipinski definition) is 2. The van der Waals surface area contributed by atoms with Crippen LogP contribution in [-0.4, -0.2) is 16.8 Å². The zero-order valence-electron chi connectivity index (χ0n) is 17.5. The molecule has 0 amide bonds. The Labute approximate surface area is 188 Å². The molecule has 0 heterocycles. The molecule has 164 valence electrons. The molecular formula is C24H22N2O4S2. The van der Waals surface area contributed by atoms with Crippen LogP contribution in [0, 0.1) is 13.8 Å². The summed E-state index contributed by atoms with van der Waals surface area (Å²) in [7, 11) is -7.57. The maximum Gasteiger partial charge on any atom is 0.261 e. The second kappa shape index (κ2) is 8.29. The minimum absolute atomic E-state index is 0.0972. The molecule has 32 heavy (non-hydrogen) atoms. The van der Waals surface area contributed by atoms with E-state index in [0.717, 1.165) is 11.1 Å². The van der Waals surface area contributed by atoms with Gasteiger partial charge >= 0.3 is 0 Å². The summed E-state index contributed by atoms with van der Waals surface area (Å²) in [5.74, 6) is 0. The molecule has 0 saturated heterocycles. The van der Waals surface area contributed by atoms with E-state index in [4.69, 9.17) is 0 Å².